The fourth-order valence-electron chi connectivity index (χ4n) is 2.63. The Morgan fingerprint density at radius 2 is 1.67 bits per heavy atom. The van der Waals surface area contributed by atoms with Crippen LogP contribution in [-0.2, 0) is 11.3 Å². The van der Waals surface area contributed by atoms with E-state index < -0.39 is 17.4 Å². The molecule has 0 radical (unpaired) electrons. The molecular formula is C21H20N4O5. The van der Waals surface area contributed by atoms with Crippen molar-refractivity contribution in [2.45, 2.75) is 6.54 Å². The fourth-order valence-corrected chi connectivity index (χ4v) is 2.63. The standard InChI is InChI=1S/C21H20N4O5/c1-29-15-9-7-14(8-10-15)22-21(28)17-11-12-20(27)25(24-17)13-19(26)23-16-5-3-4-6-18(16)30-2/h3-12H,13H2,1-2H3,(H,22,28)(H,23,26). The summed E-state index contributed by atoms with van der Waals surface area (Å²) in [4.78, 5) is 36.9. The van der Waals surface area contributed by atoms with Crippen LogP contribution in [0.1, 0.15) is 10.5 Å². The van der Waals surface area contributed by atoms with E-state index in [2.05, 4.69) is 15.7 Å². The Morgan fingerprint density at radius 3 is 2.37 bits per heavy atom. The molecule has 0 aliphatic carbocycles. The Labute approximate surface area is 172 Å². The molecule has 1 aromatic heterocycles. The highest BCUT2D eigenvalue weighted by Gasteiger charge is 2.13. The SMILES string of the molecule is COc1ccc(NC(=O)c2ccc(=O)n(CC(=O)Nc3ccccc3OC)n2)cc1. The van der Waals surface area contributed by atoms with Gasteiger partial charge in [0.25, 0.3) is 11.5 Å². The molecule has 30 heavy (non-hydrogen) atoms. The Kier molecular flexibility index (Phi) is 6.43. The van der Waals surface area contributed by atoms with Gasteiger partial charge in [-0.2, -0.15) is 5.10 Å². The molecule has 3 rings (SSSR count). The molecular weight excluding hydrogens is 388 g/mol. The average Bonchev–Trinajstić information content (AvgIpc) is 2.76. The summed E-state index contributed by atoms with van der Waals surface area (Å²) in [5.74, 6) is 0.139. The number of nitrogens with one attached hydrogen (secondary N) is 2. The number of carbonyl (C=O) groups is 2. The Morgan fingerprint density at radius 1 is 0.933 bits per heavy atom. The van der Waals surface area contributed by atoms with Crippen LogP contribution in [0.4, 0.5) is 11.4 Å². The zero-order valence-corrected chi connectivity index (χ0v) is 16.4. The lowest BCUT2D eigenvalue weighted by Crippen LogP contribution is -2.31. The van der Waals surface area contributed by atoms with Crippen molar-refractivity contribution in [1.29, 1.82) is 0 Å². The average molecular weight is 408 g/mol. The monoisotopic (exact) mass is 408 g/mol. The molecule has 1 heterocycles. The lowest BCUT2D eigenvalue weighted by Gasteiger charge is -2.11. The summed E-state index contributed by atoms with van der Waals surface area (Å²) in [5.41, 5.74) is 0.488. The number of para-hydroxylation sites is 2. The minimum Gasteiger partial charge on any atom is -0.497 e. The largest absolute Gasteiger partial charge is 0.497 e. The predicted molar refractivity (Wildman–Crippen MR) is 111 cm³/mol. The molecule has 0 unspecified atom stereocenters. The number of methoxy groups -OCH3 is 2. The molecule has 0 bridgehead atoms. The summed E-state index contributed by atoms with van der Waals surface area (Å²) < 4.78 is 11.2. The van der Waals surface area contributed by atoms with Gasteiger partial charge in [-0.15, -0.1) is 0 Å². The van der Waals surface area contributed by atoms with E-state index in [-0.39, 0.29) is 12.2 Å². The summed E-state index contributed by atoms with van der Waals surface area (Å²) in [6.07, 6.45) is 0. The summed E-state index contributed by atoms with van der Waals surface area (Å²) in [7, 11) is 3.03. The molecule has 2 N–H and O–H groups in total. The lowest BCUT2D eigenvalue weighted by atomic mass is 10.3. The van der Waals surface area contributed by atoms with E-state index in [1.165, 1.54) is 19.2 Å². The van der Waals surface area contributed by atoms with E-state index >= 15 is 0 Å². The third-order valence-electron chi connectivity index (χ3n) is 4.12. The molecule has 0 saturated heterocycles. The zero-order valence-electron chi connectivity index (χ0n) is 16.4. The molecule has 2 amide bonds. The number of rotatable bonds is 7. The van der Waals surface area contributed by atoms with Gasteiger partial charge in [0.05, 0.1) is 19.9 Å². The van der Waals surface area contributed by atoms with Gasteiger partial charge in [-0.1, -0.05) is 12.1 Å². The summed E-state index contributed by atoms with van der Waals surface area (Å²) in [5, 5.41) is 9.34. The van der Waals surface area contributed by atoms with E-state index in [1.54, 1.807) is 55.6 Å². The maximum absolute atomic E-state index is 12.5. The van der Waals surface area contributed by atoms with Gasteiger partial charge in [-0.05, 0) is 42.5 Å². The molecule has 0 aliphatic heterocycles. The third kappa shape index (κ3) is 5.02. The highest BCUT2D eigenvalue weighted by Crippen LogP contribution is 2.22. The van der Waals surface area contributed by atoms with E-state index in [1.807, 2.05) is 0 Å². The molecule has 0 atom stereocenters. The predicted octanol–water partition coefficient (Wildman–Crippen LogP) is 2.15. The second-order valence-corrected chi connectivity index (χ2v) is 6.15. The smallest absolute Gasteiger partial charge is 0.276 e. The second kappa shape index (κ2) is 9.37. The van der Waals surface area contributed by atoms with Crippen LogP contribution in [0.15, 0.2) is 65.5 Å². The van der Waals surface area contributed by atoms with Gasteiger partial charge in [-0.25, -0.2) is 4.68 Å². The number of hydrogen-bond acceptors (Lipinski definition) is 6. The van der Waals surface area contributed by atoms with Crippen molar-refractivity contribution in [3.05, 3.63) is 76.7 Å². The number of nitrogens with zero attached hydrogens (tertiary/aromatic N) is 2. The fraction of sp³-hybridized carbons (Fsp3) is 0.143. The maximum Gasteiger partial charge on any atom is 0.276 e. The van der Waals surface area contributed by atoms with Gasteiger partial charge in [-0.3, -0.25) is 14.4 Å². The molecule has 9 heteroatoms. The van der Waals surface area contributed by atoms with Crippen molar-refractivity contribution >= 4 is 23.2 Å². The lowest BCUT2D eigenvalue weighted by molar-refractivity contribution is -0.117. The van der Waals surface area contributed by atoms with Gasteiger partial charge >= 0.3 is 0 Å². The van der Waals surface area contributed by atoms with Gasteiger partial charge in [0, 0.05) is 11.8 Å². The van der Waals surface area contributed by atoms with E-state index in [9.17, 15) is 14.4 Å². The topological polar surface area (TPSA) is 112 Å². The van der Waals surface area contributed by atoms with Crippen molar-refractivity contribution < 1.29 is 19.1 Å². The van der Waals surface area contributed by atoms with Crippen molar-refractivity contribution in [2.24, 2.45) is 0 Å². The quantitative estimate of drug-likeness (QED) is 0.620. The number of anilines is 2. The first-order chi connectivity index (χ1) is 14.5. The van der Waals surface area contributed by atoms with E-state index in [4.69, 9.17) is 9.47 Å². The molecule has 9 nitrogen and oxygen atoms in total. The maximum atomic E-state index is 12.5. The summed E-state index contributed by atoms with van der Waals surface area (Å²) >= 11 is 0. The first-order valence-electron chi connectivity index (χ1n) is 8.96. The van der Waals surface area contributed by atoms with E-state index in [0.29, 0.717) is 22.9 Å². The number of hydrogen-bond donors (Lipinski definition) is 2. The Balaban J connectivity index is 1.71. The molecule has 0 saturated carbocycles. The number of benzene rings is 2. The Bertz CT molecular complexity index is 1110. The minimum atomic E-state index is -0.515. The highest BCUT2D eigenvalue weighted by molar-refractivity contribution is 6.02. The number of amides is 2. The Hall–Kier alpha value is -4.14. The number of ether oxygens (including phenoxy) is 2. The third-order valence-corrected chi connectivity index (χ3v) is 4.12. The second-order valence-electron chi connectivity index (χ2n) is 6.15. The van der Waals surface area contributed by atoms with Crippen molar-refractivity contribution in [3.8, 4) is 11.5 Å². The molecule has 2 aromatic carbocycles. The van der Waals surface area contributed by atoms with Gasteiger partial charge in [0.2, 0.25) is 5.91 Å². The summed E-state index contributed by atoms with van der Waals surface area (Å²) in [6.45, 7) is -0.361. The molecule has 3 aromatic rings. The van der Waals surface area contributed by atoms with Crippen LogP contribution in [0, 0.1) is 0 Å². The highest BCUT2D eigenvalue weighted by atomic mass is 16.5. The van der Waals surface area contributed by atoms with Crippen molar-refractivity contribution in [2.75, 3.05) is 24.9 Å². The normalized spacial score (nSPS) is 10.2. The van der Waals surface area contributed by atoms with Crippen LogP contribution in [0.2, 0.25) is 0 Å². The van der Waals surface area contributed by atoms with Crippen molar-refractivity contribution in [1.82, 2.24) is 9.78 Å². The van der Waals surface area contributed by atoms with Gasteiger partial charge in [0.1, 0.15) is 23.7 Å². The number of aromatic nitrogens is 2. The zero-order chi connectivity index (χ0) is 21.5. The van der Waals surface area contributed by atoms with E-state index in [0.717, 1.165) is 4.68 Å². The van der Waals surface area contributed by atoms with Crippen LogP contribution in [0.25, 0.3) is 0 Å². The molecule has 0 spiro atoms. The van der Waals surface area contributed by atoms with Crippen LogP contribution < -0.4 is 25.7 Å². The molecule has 0 fully saturated rings. The van der Waals surface area contributed by atoms with Crippen LogP contribution in [0.5, 0.6) is 11.5 Å². The minimum absolute atomic E-state index is 0.00416. The summed E-state index contributed by atoms with van der Waals surface area (Å²) in [6, 6.07) is 16.1. The van der Waals surface area contributed by atoms with Crippen LogP contribution >= 0.6 is 0 Å². The molecule has 154 valence electrons. The van der Waals surface area contributed by atoms with Gasteiger partial charge < -0.3 is 20.1 Å². The molecule has 0 aliphatic rings. The first kappa shape index (κ1) is 20.6. The first-order valence-corrected chi connectivity index (χ1v) is 8.96. The van der Waals surface area contributed by atoms with Crippen molar-refractivity contribution in [3.63, 3.8) is 0 Å². The number of carbonyl (C=O) groups excluding carboxylic acids is 2. The van der Waals surface area contributed by atoms with Crippen LogP contribution in [0.3, 0.4) is 0 Å². The van der Waals surface area contributed by atoms with Gasteiger partial charge in [0.15, 0.2) is 0 Å². The van der Waals surface area contributed by atoms with Crippen LogP contribution in [-0.4, -0.2) is 35.8 Å².